The first-order valence-electron chi connectivity index (χ1n) is 5.11. The molecule has 2 rings (SSSR count). The number of Topliss-reactive ketones (excluding diaryl/α,β-unsaturated/α-hetero) is 1. The molecule has 0 atom stereocenters. The number of benzene rings is 1. The van der Waals surface area contributed by atoms with Crippen LogP contribution in [-0.4, -0.2) is 17.3 Å². The third-order valence-electron chi connectivity index (χ3n) is 2.19. The van der Waals surface area contributed by atoms with E-state index in [1.807, 2.05) is 0 Å². The van der Waals surface area contributed by atoms with Gasteiger partial charge in [0.1, 0.15) is 5.75 Å². The number of nitro benzene ring substituents is 1. The van der Waals surface area contributed by atoms with Crippen LogP contribution >= 0.6 is 0 Å². The van der Waals surface area contributed by atoms with Gasteiger partial charge in [-0.2, -0.15) is 0 Å². The highest BCUT2D eigenvalue weighted by Crippen LogP contribution is 2.19. The third-order valence-corrected chi connectivity index (χ3v) is 2.19. The Morgan fingerprint density at radius 2 is 2.17 bits per heavy atom. The average molecular weight is 247 g/mol. The van der Waals surface area contributed by atoms with Crippen molar-refractivity contribution in [1.29, 1.82) is 0 Å². The lowest BCUT2D eigenvalue weighted by atomic mass is 10.3. The SMILES string of the molecule is O=C(COc1cccc([N+](=O)[O-])c1)c1ccco1. The van der Waals surface area contributed by atoms with E-state index in [0.717, 1.165) is 0 Å². The van der Waals surface area contributed by atoms with E-state index in [4.69, 9.17) is 9.15 Å². The van der Waals surface area contributed by atoms with Crippen molar-refractivity contribution in [3.05, 3.63) is 58.5 Å². The molecule has 92 valence electrons. The molecule has 0 aliphatic heterocycles. The van der Waals surface area contributed by atoms with E-state index in [1.54, 1.807) is 12.1 Å². The largest absolute Gasteiger partial charge is 0.485 e. The summed E-state index contributed by atoms with van der Waals surface area (Å²) >= 11 is 0. The van der Waals surface area contributed by atoms with E-state index < -0.39 is 4.92 Å². The van der Waals surface area contributed by atoms with Crippen molar-refractivity contribution in [2.45, 2.75) is 0 Å². The van der Waals surface area contributed by atoms with Crippen LogP contribution in [0.1, 0.15) is 10.6 Å². The maximum absolute atomic E-state index is 11.5. The molecule has 18 heavy (non-hydrogen) atoms. The lowest BCUT2D eigenvalue weighted by molar-refractivity contribution is -0.384. The van der Waals surface area contributed by atoms with Gasteiger partial charge >= 0.3 is 0 Å². The number of ether oxygens (including phenoxy) is 1. The summed E-state index contributed by atoms with van der Waals surface area (Å²) in [6.45, 7) is -0.227. The lowest BCUT2D eigenvalue weighted by Crippen LogP contribution is -2.10. The Balaban J connectivity index is 2.00. The maximum atomic E-state index is 11.5. The Bertz CT molecular complexity index is 562. The van der Waals surface area contributed by atoms with E-state index in [-0.39, 0.29) is 29.6 Å². The summed E-state index contributed by atoms with van der Waals surface area (Å²) in [7, 11) is 0. The van der Waals surface area contributed by atoms with Gasteiger partial charge in [-0.25, -0.2) is 0 Å². The standard InChI is InChI=1S/C12H9NO5/c14-11(12-5-2-6-17-12)8-18-10-4-1-3-9(7-10)13(15)16/h1-7H,8H2. The van der Waals surface area contributed by atoms with Crippen LogP contribution in [0.15, 0.2) is 47.1 Å². The molecule has 0 fully saturated rings. The van der Waals surface area contributed by atoms with Gasteiger partial charge in [0.2, 0.25) is 5.78 Å². The molecule has 1 aromatic carbocycles. The molecule has 1 aromatic heterocycles. The topological polar surface area (TPSA) is 82.6 Å². The molecule has 6 heteroatoms. The molecule has 0 aliphatic rings. The van der Waals surface area contributed by atoms with Crippen LogP contribution in [0.25, 0.3) is 0 Å². The summed E-state index contributed by atoms with van der Waals surface area (Å²) in [4.78, 5) is 21.6. The van der Waals surface area contributed by atoms with Gasteiger partial charge in [0.25, 0.3) is 5.69 Å². The van der Waals surface area contributed by atoms with E-state index in [2.05, 4.69) is 0 Å². The van der Waals surface area contributed by atoms with Crippen LogP contribution in [0.2, 0.25) is 0 Å². The number of rotatable bonds is 5. The zero-order chi connectivity index (χ0) is 13.0. The molecule has 0 radical (unpaired) electrons. The molecule has 0 N–H and O–H groups in total. The molecule has 0 spiro atoms. The fourth-order valence-corrected chi connectivity index (χ4v) is 1.34. The predicted molar refractivity (Wildman–Crippen MR) is 61.6 cm³/mol. The minimum absolute atomic E-state index is 0.0852. The van der Waals surface area contributed by atoms with E-state index in [1.165, 1.54) is 30.5 Å². The van der Waals surface area contributed by atoms with Crippen molar-refractivity contribution in [3.63, 3.8) is 0 Å². The van der Waals surface area contributed by atoms with Gasteiger partial charge in [-0.3, -0.25) is 14.9 Å². The average Bonchev–Trinajstić information content (AvgIpc) is 2.90. The summed E-state index contributed by atoms with van der Waals surface area (Å²) in [5, 5.41) is 10.5. The second-order valence-corrected chi connectivity index (χ2v) is 3.44. The van der Waals surface area contributed by atoms with Crippen LogP contribution in [0, 0.1) is 10.1 Å². The molecule has 0 bridgehead atoms. The highest BCUT2D eigenvalue weighted by Gasteiger charge is 2.11. The van der Waals surface area contributed by atoms with Crippen molar-refractivity contribution in [2.75, 3.05) is 6.61 Å². The van der Waals surface area contributed by atoms with Crippen LogP contribution in [0.5, 0.6) is 5.75 Å². The maximum Gasteiger partial charge on any atom is 0.273 e. The highest BCUT2D eigenvalue weighted by atomic mass is 16.6. The van der Waals surface area contributed by atoms with E-state index >= 15 is 0 Å². The summed E-state index contributed by atoms with van der Waals surface area (Å²) in [6.07, 6.45) is 1.39. The monoisotopic (exact) mass is 247 g/mol. The van der Waals surface area contributed by atoms with Gasteiger partial charge in [0.15, 0.2) is 12.4 Å². The normalized spacial score (nSPS) is 10.0. The number of hydrogen-bond acceptors (Lipinski definition) is 5. The zero-order valence-corrected chi connectivity index (χ0v) is 9.24. The van der Waals surface area contributed by atoms with E-state index in [9.17, 15) is 14.9 Å². The number of carbonyl (C=O) groups is 1. The molecule has 6 nitrogen and oxygen atoms in total. The molecule has 0 amide bonds. The van der Waals surface area contributed by atoms with Crippen LogP contribution < -0.4 is 4.74 Å². The third kappa shape index (κ3) is 2.73. The molecule has 1 heterocycles. The minimum atomic E-state index is -0.527. The fraction of sp³-hybridized carbons (Fsp3) is 0.0833. The predicted octanol–water partition coefficient (Wildman–Crippen LogP) is 2.45. The molecule has 0 saturated heterocycles. The van der Waals surface area contributed by atoms with Crippen LogP contribution in [-0.2, 0) is 0 Å². The number of carbonyl (C=O) groups excluding carboxylic acids is 1. The summed E-state index contributed by atoms with van der Waals surface area (Å²) in [5.74, 6) is 0.135. The quantitative estimate of drug-likeness (QED) is 0.460. The van der Waals surface area contributed by atoms with Gasteiger partial charge in [0.05, 0.1) is 17.3 Å². The zero-order valence-electron chi connectivity index (χ0n) is 9.24. The summed E-state index contributed by atoms with van der Waals surface area (Å²) in [5.41, 5.74) is -0.0852. The first-order valence-corrected chi connectivity index (χ1v) is 5.11. The first-order chi connectivity index (χ1) is 8.66. The van der Waals surface area contributed by atoms with Crippen molar-refractivity contribution >= 4 is 11.5 Å². The Morgan fingerprint density at radius 1 is 1.33 bits per heavy atom. The minimum Gasteiger partial charge on any atom is -0.485 e. The molecule has 0 aliphatic carbocycles. The van der Waals surface area contributed by atoms with Crippen molar-refractivity contribution in [2.24, 2.45) is 0 Å². The number of hydrogen-bond donors (Lipinski definition) is 0. The fourth-order valence-electron chi connectivity index (χ4n) is 1.34. The van der Waals surface area contributed by atoms with Crippen LogP contribution in [0.3, 0.4) is 0 Å². The second-order valence-electron chi connectivity index (χ2n) is 3.44. The van der Waals surface area contributed by atoms with Crippen molar-refractivity contribution < 1.29 is 18.9 Å². The smallest absolute Gasteiger partial charge is 0.273 e. The van der Waals surface area contributed by atoms with Crippen LogP contribution in [0.4, 0.5) is 5.69 Å². The summed E-state index contributed by atoms with van der Waals surface area (Å²) < 4.78 is 10.1. The number of non-ortho nitro benzene ring substituents is 1. The van der Waals surface area contributed by atoms with Crippen molar-refractivity contribution in [3.8, 4) is 5.75 Å². The second kappa shape index (κ2) is 5.13. The van der Waals surface area contributed by atoms with Gasteiger partial charge in [-0.05, 0) is 18.2 Å². The number of furan rings is 1. The molecular weight excluding hydrogens is 238 g/mol. The van der Waals surface area contributed by atoms with Gasteiger partial charge < -0.3 is 9.15 Å². The van der Waals surface area contributed by atoms with Crippen molar-refractivity contribution in [1.82, 2.24) is 0 Å². The summed E-state index contributed by atoms with van der Waals surface area (Å²) in [6, 6.07) is 8.77. The van der Waals surface area contributed by atoms with Gasteiger partial charge in [-0.15, -0.1) is 0 Å². The highest BCUT2D eigenvalue weighted by molar-refractivity contribution is 5.94. The Hall–Kier alpha value is -2.63. The Morgan fingerprint density at radius 3 is 2.83 bits per heavy atom. The number of nitro groups is 1. The lowest BCUT2D eigenvalue weighted by Gasteiger charge is -2.03. The molecule has 0 saturated carbocycles. The van der Waals surface area contributed by atoms with E-state index in [0.29, 0.717) is 0 Å². The Labute approximate surface area is 102 Å². The number of ketones is 1. The van der Waals surface area contributed by atoms with Gasteiger partial charge in [-0.1, -0.05) is 6.07 Å². The molecular formula is C12H9NO5. The molecule has 0 unspecified atom stereocenters. The number of nitrogens with zero attached hydrogens (tertiary/aromatic N) is 1. The first kappa shape index (κ1) is 11.8. The van der Waals surface area contributed by atoms with Gasteiger partial charge in [0, 0.05) is 6.07 Å². The molecule has 2 aromatic rings. The Kier molecular flexibility index (Phi) is 3.38.